The zero-order valence-corrected chi connectivity index (χ0v) is 46.2. The maximum atomic E-state index is 14.5. The van der Waals surface area contributed by atoms with Crippen LogP contribution in [0.15, 0.2) is 54.4 Å². The number of phosphoric acid groups is 1. The Kier molecular flexibility index (Phi) is 26.7. The molecule has 26 heteroatoms. The minimum atomic E-state index is -5.31. The van der Waals surface area contributed by atoms with E-state index in [0.717, 1.165) is 21.7 Å². The topological polar surface area (TPSA) is 343 Å². The molecule has 0 aromatic heterocycles. The number of esters is 2. The standard InChI is InChI=1S/C49H76N7O18P/c1-17-36(58)52-38(41(27(6)7)74-75(68,69)70)49(67)73-40(26(4)5)37(46(63)56(15)39(47(64)65)31(11)71-16)53-43(60)30(10)54(13)44(61)28(8)50-42(59)29(9)55(14)45(62)35(24-33-21-19-18-20-22-33)72-48(66)34(23-25(2)3)51-32(12)57/h18-23,25-28,30-31,35,37-41H,9,17,24H2,1-8,10-16H3,(H,50,59)(H,51,57)(H,52,58)(H,53,60)(H,64,65)(H2,68,69,70)/b34-23+/t28-,30-,31+,35+,37-,38-,39-,40+,41+/m0/s1. The van der Waals surface area contributed by atoms with Crippen molar-refractivity contribution in [1.29, 1.82) is 0 Å². The van der Waals surface area contributed by atoms with Crippen LogP contribution in [0.4, 0.5) is 0 Å². The number of nitrogens with zero attached hydrogens (tertiary/aromatic N) is 3. The van der Waals surface area contributed by atoms with Crippen LogP contribution in [0.5, 0.6) is 0 Å². The average Bonchev–Trinajstić information content (AvgIpc) is 3.32. The summed E-state index contributed by atoms with van der Waals surface area (Å²) in [5.41, 5.74) is -0.125. The van der Waals surface area contributed by atoms with Gasteiger partial charge in [0.05, 0.1) is 6.10 Å². The molecule has 25 nitrogen and oxygen atoms in total. The first-order chi connectivity index (χ1) is 34.6. The van der Waals surface area contributed by atoms with Crippen molar-refractivity contribution in [1.82, 2.24) is 36.0 Å². The lowest BCUT2D eigenvalue weighted by molar-refractivity contribution is -0.167. The summed E-state index contributed by atoms with van der Waals surface area (Å²) in [6, 6.07) is 0.0227. The fourth-order valence-electron chi connectivity index (χ4n) is 7.20. The van der Waals surface area contributed by atoms with Gasteiger partial charge in [0.25, 0.3) is 11.8 Å². The monoisotopic (exact) mass is 1080 g/mol. The molecule has 7 N–H and O–H groups in total. The van der Waals surface area contributed by atoms with Gasteiger partial charge < -0.3 is 65.1 Å². The van der Waals surface area contributed by atoms with E-state index < -0.39 is 139 Å². The smallest absolute Gasteiger partial charge is 0.469 e. The zero-order chi connectivity index (χ0) is 58.0. The van der Waals surface area contributed by atoms with Gasteiger partial charge in [-0.15, -0.1) is 0 Å². The third-order valence-electron chi connectivity index (χ3n) is 11.6. The van der Waals surface area contributed by atoms with Crippen molar-refractivity contribution >= 4 is 67.1 Å². The van der Waals surface area contributed by atoms with Crippen molar-refractivity contribution in [2.45, 2.75) is 144 Å². The molecule has 0 bridgehead atoms. The number of allylic oxidation sites excluding steroid dienone is 1. The van der Waals surface area contributed by atoms with Crippen LogP contribution in [0, 0.1) is 17.8 Å². The van der Waals surface area contributed by atoms with E-state index in [4.69, 9.17) is 18.7 Å². The third kappa shape index (κ3) is 20.6. The maximum Gasteiger partial charge on any atom is 0.469 e. The molecule has 9 atom stereocenters. The number of methoxy groups -OCH3 is 1. The second kappa shape index (κ2) is 30.1. The number of aliphatic carboxylic acids is 1. The second-order valence-corrected chi connectivity index (χ2v) is 20.0. The molecule has 0 radical (unpaired) electrons. The molecule has 0 aliphatic heterocycles. The molecule has 7 amide bonds. The molecule has 0 aliphatic rings. The Bertz CT molecular complexity index is 2300. The Morgan fingerprint density at radius 2 is 1.32 bits per heavy atom. The van der Waals surface area contributed by atoms with Gasteiger partial charge in [0, 0.05) is 48.0 Å². The van der Waals surface area contributed by atoms with Crippen LogP contribution in [0.2, 0.25) is 0 Å². The largest absolute Gasteiger partial charge is 0.480 e. The molecule has 420 valence electrons. The predicted octanol–water partition coefficient (Wildman–Crippen LogP) is 1.17. The van der Waals surface area contributed by atoms with E-state index >= 15 is 0 Å². The molecule has 0 unspecified atom stereocenters. The lowest BCUT2D eigenvalue weighted by Gasteiger charge is -2.38. The van der Waals surface area contributed by atoms with E-state index in [1.165, 1.54) is 89.6 Å². The molecular formula is C49H76N7O18P. The highest BCUT2D eigenvalue weighted by molar-refractivity contribution is 7.46. The Morgan fingerprint density at radius 1 is 0.760 bits per heavy atom. The minimum absolute atomic E-state index is 0.153. The fourth-order valence-corrected chi connectivity index (χ4v) is 7.88. The van der Waals surface area contributed by atoms with Gasteiger partial charge in [-0.25, -0.2) is 18.9 Å². The Balaban J connectivity index is 3.62. The number of rotatable bonds is 29. The van der Waals surface area contributed by atoms with Crippen molar-refractivity contribution in [3.8, 4) is 0 Å². The molecule has 0 aliphatic carbocycles. The summed E-state index contributed by atoms with van der Waals surface area (Å²) in [6.07, 6.45) is -5.00. The number of nitrogens with one attached hydrogen (secondary N) is 4. The number of hydrogen-bond donors (Lipinski definition) is 7. The molecule has 0 fully saturated rings. The van der Waals surface area contributed by atoms with Crippen molar-refractivity contribution in [3.63, 3.8) is 0 Å². The molecule has 0 heterocycles. The van der Waals surface area contributed by atoms with Crippen LogP contribution in [0.1, 0.15) is 88.1 Å². The lowest BCUT2D eigenvalue weighted by atomic mass is 9.95. The van der Waals surface area contributed by atoms with E-state index in [2.05, 4.69) is 27.8 Å². The average molecular weight is 1080 g/mol. The first-order valence-corrected chi connectivity index (χ1v) is 25.5. The summed E-state index contributed by atoms with van der Waals surface area (Å²) >= 11 is 0. The highest BCUT2D eigenvalue weighted by Gasteiger charge is 2.45. The molecular weight excluding hydrogens is 1010 g/mol. The molecule has 1 aromatic rings. The number of carbonyl (C=O) groups is 10. The molecule has 75 heavy (non-hydrogen) atoms. The minimum Gasteiger partial charge on any atom is -0.480 e. The molecule has 1 rings (SSSR count). The van der Waals surface area contributed by atoms with Crippen molar-refractivity contribution in [3.05, 3.63) is 59.9 Å². The number of ether oxygens (including phenoxy) is 3. The number of carbonyl (C=O) groups excluding carboxylic acids is 9. The SMILES string of the molecule is C=C(C(=O)N[C@@H](C)C(=O)N(C)[C@@H](C)C(=O)N[C@H](C(=O)N(C)[C@H](C(=O)O)[C@@H](C)OC)[C@H](OC(=O)[C@@H](NC(=O)CC)[C@H](OP(=O)(O)O)C(C)C)C(C)C)N(C)C(=O)[C@@H](Cc1ccccc1)OC(=O)/C(=C\C(C)C)NC(C)=O. The van der Waals surface area contributed by atoms with Crippen molar-refractivity contribution < 1.29 is 86.1 Å². The fraction of sp³-hybridized carbons (Fsp3) is 0.592. The number of likely N-dealkylation sites (N-methyl/N-ethyl adjacent to an activating group) is 3. The van der Waals surface area contributed by atoms with Gasteiger partial charge in [0.2, 0.25) is 29.5 Å². The van der Waals surface area contributed by atoms with Crippen LogP contribution in [-0.2, 0) is 77.7 Å². The zero-order valence-electron chi connectivity index (χ0n) is 45.3. The summed E-state index contributed by atoms with van der Waals surface area (Å²) in [4.78, 5) is 157. The van der Waals surface area contributed by atoms with Crippen LogP contribution in [0.25, 0.3) is 0 Å². The van der Waals surface area contributed by atoms with Crippen LogP contribution < -0.4 is 21.3 Å². The van der Waals surface area contributed by atoms with Crippen LogP contribution in [-0.4, -0.2) is 172 Å². The quantitative estimate of drug-likeness (QED) is 0.0336. The Morgan fingerprint density at radius 3 is 1.79 bits per heavy atom. The summed E-state index contributed by atoms with van der Waals surface area (Å²) in [5.74, 6) is -12.2. The van der Waals surface area contributed by atoms with Crippen molar-refractivity contribution in [2.75, 3.05) is 28.3 Å². The number of benzene rings is 1. The second-order valence-electron chi connectivity index (χ2n) is 18.8. The number of carboxylic acid groups (broad SMARTS) is 1. The van der Waals surface area contributed by atoms with Crippen LogP contribution in [0.3, 0.4) is 0 Å². The van der Waals surface area contributed by atoms with Gasteiger partial charge in [-0.3, -0.25) is 38.1 Å². The highest BCUT2D eigenvalue weighted by Crippen LogP contribution is 2.40. The first-order valence-electron chi connectivity index (χ1n) is 24.0. The van der Waals surface area contributed by atoms with Crippen LogP contribution >= 0.6 is 7.82 Å². The molecule has 0 saturated heterocycles. The number of hydrogen-bond acceptors (Lipinski definition) is 15. The lowest BCUT2D eigenvalue weighted by Crippen LogP contribution is -2.63. The summed E-state index contributed by atoms with van der Waals surface area (Å²) in [6.45, 7) is 19.5. The molecule has 0 spiro atoms. The van der Waals surface area contributed by atoms with E-state index in [0.29, 0.717) is 5.56 Å². The predicted molar refractivity (Wildman–Crippen MR) is 270 cm³/mol. The van der Waals surface area contributed by atoms with Gasteiger partial charge in [0.15, 0.2) is 18.2 Å². The number of carboxylic acids is 1. The van der Waals surface area contributed by atoms with E-state index in [1.54, 1.807) is 44.2 Å². The van der Waals surface area contributed by atoms with Crippen molar-refractivity contribution in [2.24, 2.45) is 17.8 Å². The van der Waals surface area contributed by atoms with Gasteiger partial charge in [-0.05, 0) is 44.1 Å². The van der Waals surface area contributed by atoms with Gasteiger partial charge in [-0.1, -0.05) is 91.5 Å². The maximum absolute atomic E-state index is 14.5. The summed E-state index contributed by atoms with van der Waals surface area (Å²) < 4.78 is 33.6. The number of amides is 7. The van der Waals surface area contributed by atoms with E-state index in [1.807, 2.05) is 0 Å². The van der Waals surface area contributed by atoms with E-state index in [-0.39, 0.29) is 24.5 Å². The molecule has 0 saturated carbocycles. The number of phosphoric ester groups is 1. The normalized spacial score (nSPS) is 15.3. The summed E-state index contributed by atoms with van der Waals surface area (Å²) in [7, 11) is -0.650. The van der Waals surface area contributed by atoms with Gasteiger partial charge in [-0.2, -0.15) is 0 Å². The highest BCUT2D eigenvalue weighted by atomic mass is 31.2. The summed E-state index contributed by atoms with van der Waals surface area (Å²) in [5, 5.41) is 19.8. The van der Waals surface area contributed by atoms with Gasteiger partial charge >= 0.3 is 25.7 Å². The van der Waals surface area contributed by atoms with Gasteiger partial charge in [0.1, 0.15) is 41.7 Å². The van der Waals surface area contributed by atoms with E-state index in [9.17, 15) is 67.4 Å². The Hall–Kier alpha value is -6.53. The first kappa shape index (κ1) is 66.5. The molecule has 1 aromatic carbocycles. The Labute approximate surface area is 437 Å². The third-order valence-corrected chi connectivity index (χ3v) is 12.1.